The molecule has 1 fully saturated rings. The number of nitriles is 1. The van der Waals surface area contributed by atoms with Crippen LogP contribution in [0, 0.1) is 16.7 Å². The first-order chi connectivity index (χ1) is 10.1. The lowest BCUT2D eigenvalue weighted by Gasteiger charge is -2.23. The third-order valence-electron chi connectivity index (χ3n) is 4.32. The summed E-state index contributed by atoms with van der Waals surface area (Å²) in [5.74, 6) is 0.706. The van der Waals surface area contributed by atoms with E-state index in [-0.39, 0.29) is 0 Å². The highest BCUT2D eigenvalue weighted by atomic mass is 16.5. The first-order valence-corrected chi connectivity index (χ1v) is 7.95. The highest BCUT2D eigenvalue weighted by molar-refractivity contribution is 5.42. The Morgan fingerprint density at radius 3 is 2.86 bits per heavy atom. The van der Waals surface area contributed by atoms with Gasteiger partial charge >= 0.3 is 0 Å². The Balaban J connectivity index is 1.71. The molecule has 0 amide bonds. The Kier molecular flexibility index (Phi) is 5.64. The molecule has 1 heterocycles. The van der Waals surface area contributed by atoms with Crippen molar-refractivity contribution in [3.8, 4) is 11.8 Å². The van der Waals surface area contributed by atoms with Crippen molar-refractivity contribution >= 4 is 0 Å². The van der Waals surface area contributed by atoms with Crippen LogP contribution in [0.1, 0.15) is 45.1 Å². The number of hydrogen-bond donors (Lipinski definition) is 0. The second kappa shape index (κ2) is 7.47. The van der Waals surface area contributed by atoms with Crippen LogP contribution in [0.2, 0.25) is 0 Å². The third kappa shape index (κ3) is 5.06. The molecular formula is C18H26N2O. The van der Waals surface area contributed by atoms with Crippen molar-refractivity contribution in [2.75, 3.05) is 26.2 Å². The average molecular weight is 286 g/mol. The molecule has 0 spiro atoms. The molecule has 1 aromatic rings. The lowest BCUT2D eigenvalue weighted by Crippen LogP contribution is -2.27. The summed E-state index contributed by atoms with van der Waals surface area (Å²) in [6.45, 7) is 8.92. The van der Waals surface area contributed by atoms with E-state index < -0.39 is 0 Å². The van der Waals surface area contributed by atoms with Gasteiger partial charge < -0.3 is 9.64 Å². The SMILES string of the molecule is CC1(C)CCCN(CCCOc2ccccc2C#N)CC1. The van der Waals surface area contributed by atoms with E-state index in [0.717, 1.165) is 13.0 Å². The molecule has 3 nitrogen and oxygen atoms in total. The molecule has 0 bridgehead atoms. The Hall–Kier alpha value is -1.53. The van der Waals surface area contributed by atoms with E-state index in [1.807, 2.05) is 18.2 Å². The lowest BCUT2D eigenvalue weighted by molar-refractivity contribution is 0.230. The van der Waals surface area contributed by atoms with E-state index in [1.54, 1.807) is 6.07 Å². The Labute approximate surface area is 128 Å². The van der Waals surface area contributed by atoms with Crippen molar-refractivity contribution in [1.29, 1.82) is 5.26 Å². The molecule has 0 aromatic heterocycles. The van der Waals surface area contributed by atoms with Crippen molar-refractivity contribution in [2.24, 2.45) is 5.41 Å². The zero-order chi connectivity index (χ0) is 15.1. The molecule has 1 saturated heterocycles. The monoisotopic (exact) mass is 286 g/mol. The molecule has 0 saturated carbocycles. The zero-order valence-corrected chi connectivity index (χ0v) is 13.3. The third-order valence-corrected chi connectivity index (χ3v) is 4.32. The van der Waals surface area contributed by atoms with E-state index in [1.165, 1.54) is 32.4 Å². The summed E-state index contributed by atoms with van der Waals surface area (Å²) in [5, 5.41) is 9.02. The summed E-state index contributed by atoms with van der Waals surface area (Å²) in [4.78, 5) is 2.55. The quantitative estimate of drug-likeness (QED) is 0.772. The van der Waals surface area contributed by atoms with Crippen LogP contribution in [0.25, 0.3) is 0 Å². The number of likely N-dealkylation sites (tertiary alicyclic amines) is 1. The zero-order valence-electron chi connectivity index (χ0n) is 13.3. The predicted octanol–water partition coefficient (Wildman–Crippen LogP) is 3.84. The molecule has 1 aliphatic heterocycles. The minimum atomic E-state index is 0.497. The van der Waals surface area contributed by atoms with Crippen molar-refractivity contribution in [3.63, 3.8) is 0 Å². The van der Waals surface area contributed by atoms with E-state index in [9.17, 15) is 0 Å². The van der Waals surface area contributed by atoms with Gasteiger partial charge in [0.1, 0.15) is 11.8 Å². The van der Waals surface area contributed by atoms with Gasteiger partial charge in [0.2, 0.25) is 0 Å². The highest BCUT2D eigenvalue weighted by Gasteiger charge is 2.22. The fourth-order valence-electron chi connectivity index (χ4n) is 2.86. The van der Waals surface area contributed by atoms with E-state index in [4.69, 9.17) is 10.00 Å². The Bertz CT molecular complexity index is 490. The molecule has 0 unspecified atom stereocenters. The molecule has 3 heteroatoms. The second-order valence-electron chi connectivity index (χ2n) is 6.67. The number of benzene rings is 1. The average Bonchev–Trinajstić information content (AvgIpc) is 2.65. The standard InChI is InChI=1S/C18H26N2O/c1-18(2)9-5-11-20(13-10-18)12-6-14-21-17-8-4-3-7-16(17)15-19/h3-4,7-8H,5-6,9-14H2,1-2H3. The number of rotatable bonds is 5. The smallest absolute Gasteiger partial charge is 0.137 e. The predicted molar refractivity (Wildman–Crippen MR) is 85.3 cm³/mol. The molecule has 1 aliphatic rings. The fraction of sp³-hybridized carbons (Fsp3) is 0.611. The van der Waals surface area contributed by atoms with Crippen LogP contribution in [-0.2, 0) is 0 Å². The molecule has 0 N–H and O–H groups in total. The molecule has 2 rings (SSSR count). The van der Waals surface area contributed by atoms with Gasteiger partial charge in [-0.15, -0.1) is 0 Å². The van der Waals surface area contributed by atoms with E-state index >= 15 is 0 Å². The molecule has 1 aromatic carbocycles. The number of para-hydroxylation sites is 1. The van der Waals surface area contributed by atoms with E-state index in [0.29, 0.717) is 23.3 Å². The minimum Gasteiger partial charge on any atom is -0.492 e. The van der Waals surface area contributed by atoms with Crippen LogP contribution >= 0.6 is 0 Å². The number of ether oxygens (including phenoxy) is 1. The van der Waals surface area contributed by atoms with Gasteiger partial charge in [-0.05, 0) is 56.3 Å². The summed E-state index contributed by atoms with van der Waals surface area (Å²) in [7, 11) is 0. The van der Waals surface area contributed by atoms with E-state index in [2.05, 4.69) is 24.8 Å². The van der Waals surface area contributed by atoms with Gasteiger partial charge in [0.05, 0.1) is 12.2 Å². The summed E-state index contributed by atoms with van der Waals surface area (Å²) in [6.07, 6.45) is 4.92. The maximum atomic E-state index is 9.02. The Morgan fingerprint density at radius 2 is 2.05 bits per heavy atom. The largest absolute Gasteiger partial charge is 0.492 e. The lowest BCUT2D eigenvalue weighted by atomic mass is 9.85. The molecule has 21 heavy (non-hydrogen) atoms. The van der Waals surface area contributed by atoms with Gasteiger partial charge in [-0.25, -0.2) is 0 Å². The maximum absolute atomic E-state index is 9.02. The van der Waals surface area contributed by atoms with Crippen molar-refractivity contribution in [2.45, 2.75) is 39.5 Å². The number of nitrogens with zero attached hydrogens (tertiary/aromatic N) is 2. The molecular weight excluding hydrogens is 260 g/mol. The molecule has 0 radical (unpaired) electrons. The first kappa shape index (κ1) is 15.9. The topological polar surface area (TPSA) is 36.3 Å². The van der Waals surface area contributed by atoms with Crippen LogP contribution < -0.4 is 4.74 Å². The fourth-order valence-corrected chi connectivity index (χ4v) is 2.86. The van der Waals surface area contributed by atoms with Gasteiger partial charge in [-0.3, -0.25) is 0 Å². The van der Waals surface area contributed by atoms with Crippen LogP contribution in [0.4, 0.5) is 0 Å². The molecule has 0 aliphatic carbocycles. The normalized spacial score (nSPS) is 18.7. The highest BCUT2D eigenvalue weighted by Crippen LogP contribution is 2.29. The maximum Gasteiger partial charge on any atom is 0.137 e. The summed E-state index contributed by atoms with van der Waals surface area (Å²) in [6, 6.07) is 9.61. The molecule has 114 valence electrons. The van der Waals surface area contributed by atoms with Crippen molar-refractivity contribution in [3.05, 3.63) is 29.8 Å². The minimum absolute atomic E-state index is 0.497. The summed E-state index contributed by atoms with van der Waals surface area (Å²) >= 11 is 0. The second-order valence-corrected chi connectivity index (χ2v) is 6.67. The van der Waals surface area contributed by atoms with Gasteiger partial charge in [-0.1, -0.05) is 26.0 Å². The van der Waals surface area contributed by atoms with Crippen LogP contribution in [0.15, 0.2) is 24.3 Å². The van der Waals surface area contributed by atoms with Crippen LogP contribution in [-0.4, -0.2) is 31.1 Å². The summed E-state index contributed by atoms with van der Waals surface area (Å²) in [5.41, 5.74) is 1.12. The number of hydrogen-bond acceptors (Lipinski definition) is 3. The Morgan fingerprint density at radius 1 is 1.24 bits per heavy atom. The van der Waals surface area contributed by atoms with Crippen molar-refractivity contribution in [1.82, 2.24) is 4.90 Å². The van der Waals surface area contributed by atoms with Crippen LogP contribution in [0.5, 0.6) is 5.75 Å². The van der Waals surface area contributed by atoms with Gasteiger partial charge in [-0.2, -0.15) is 5.26 Å². The van der Waals surface area contributed by atoms with Crippen LogP contribution in [0.3, 0.4) is 0 Å². The van der Waals surface area contributed by atoms with Gasteiger partial charge in [0, 0.05) is 6.54 Å². The van der Waals surface area contributed by atoms with Gasteiger partial charge in [0.25, 0.3) is 0 Å². The summed E-state index contributed by atoms with van der Waals surface area (Å²) < 4.78 is 5.74. The molecule has 0 atom stereocenters. The van der Waals surface area contributed by atoms with Gasteiger partial charge in [0.15, 0.2) is 0 Å². The van der Waals surface area contributed by atoms with Crippen molar-refractivity contribution < 1.29 is 4.74 Å². The first-order valence-electron chi connectivity index (χ1n) is 7.95.